The quantitative estimate of drug-likeness (QED) is 0.507. The van der Waals surface area contributed by atoms with Gasteiger partial charge in [0, 0.05) is 0 Å². The van der Waals surface area contributed by atoms with Gasteiger partial charge in [-0.3, -0.25) is 0 Å². The predicted molar refractivity (Wildman–Crippen MR) is 30.6 cm³/mol. The molecule has 0 radical (unpaired) electrons. The third-order valence-electron chi connectivity index (χ3n) is 2.01. The van der Waals surface area contributed by atoms with Crippen LogP contribution in [0, 0.1) is 0 Å². The van der Waals surface area contributed by atoms with Gasteiger partial charge in [-0.15, -0.1) is 0 Å². The van der Waals surface area contributed by atoms with Crippen LogP contribution in [-0.2, 0) is 4.74 Å². The van der Waals surface area contributed by atoms with Crippen LogP contribution in [0.2, 0.25) is 0 Å². The summed E-state index contributed by atoms with van der Waals surface area (Å²) in [5, 5.41) is 9.00. The summed E-state index contributed by atoms with van der Waals surface area (Å²) in [7, 11) is 0. The molecule has 1 N–H and O–H groups in total. The third kappa shape index (κ3) is 0.644. The van der Waals surface area contributed by atoms with E-state index in [-0.39, 0.29) is 17.8 Å². The molecule has 1 rings (SSSR count). The van der Waals surface area contributed by atoms with Gasteiger partial charge in [0.2, 0.25) is 0 Å². The van der Waals surface area contributed by atoms with Crippen LogP contribution in [0.1, 0.15) is 20.8 Å². The Bertz CT molecular complexity index is 101. The minimum Gasteiger partial charge on any atom is -0.390 e. The number of rotatable bonds is 1. The van der Waals surface area contributed by atoms with Crippen molar-refractivity contribution in [3.05, 3.63) is 0 Å². The minimum atomic E-state index is -0.336. The first-order valence-electron chi connectivity index (χ1n) is 2.93. The molecule has 1 saturated heterocycles. The van der Waals surface area contributed by atoms with Crippen LogP contribution in [0.15, 0.2) is 0 Å². The van der Waals surface area contributed by atoms with Gasteiger partial charge in [0.05, 0.1) is 12.2 Å². The van der Waals surface area contributed by atoms with Crippen molar-refractivity contribution in [3.8, 4) is 0 Å². The highest BCUT2D eigenvalue weighted by atomic mass is 16.6. The van der Waals surface area contributed by atoms with Gasteiger partial charge in [0.1, 0.15) is 5.60 Å². The maximum Gasteiger partial charge on any atom is 0.117 e. The molecule has 1 aliphatic rings. The van der Waals surface area contributed by atoms with Gasteiger partial charge in [-0.1, -0.05) is 0 Å². The molecule has 3 atom stereocenters. The van der Waals surface area contributed by atoms with Crippen LogP contribution in [0.25, 0.3) is 0 Å². The van der Waals surface area contributed by atoms with Gasteiger partial charge >= 0.3 is 0 Å². The van der Waals surface area contributed by atoms with E-state index in [1.165, 1.54) is 0 Å². The maximum atomic E-state index is 9.00. The Labute approximate surface area is 49.5 Å². The number of hydrogen-bond acceptors (Lipinski definition) is 2. The highest BCUT2D eigenvalue weighted by Crippen LogP contribution is 2.38. The van der Waals surface area contributed by atoms with Crippen LogP contribution in [0.5, 0.6) is 0 Å². The van der Waals surface area contributed by atoms with Crippen molar-refractivity contribution in [2.45, 2.75) is 38.6 Å². The molecular weight excluding hydrogens is 104 g/mol. The van der Waals surface area contributed by atoms with Gasteiger partial charge < -0.3 is 9.84 Å². The summed E-state index contributed by atoms with van der Waals surface area (Å²) >= 11 is 0. The second-order valence-corrected chi connectivity index (χ2v) is 2.62. The smallest absolute Gasteiger partial charge is 0.117 e. The van der Waals surface area contributed by atoms with E-state index in [9.17, 15) is 0 Å². The second kappa shape index (κ2) is 1.45. The van der Waals surface area contributed by atoms with Crippen LogP contribution < -0.4 is 0 Å². The molecule has 2 nitrogen and oxygen atoms in total. The lowest BCUT2D eigenvalue weighted by molar-refractivity contribution is 0.101. The van der Waals surface area contributed by atoms with E-state index in [0.717, 1.165) is 0 Å². The zero-order chi connectivity index (χ0) is 6.36. The molecule has 48 valence electrons. The number of hydrogen-bond donors (Lipinski definition) is 1. The third-order valence-corrected chi connectivity index (χ3v) is 2.01. The lowest BCUT2D eigenvalue weighted by Gasteiger charge is -2.06. The van der Waals surface area contributed by atoms with E-state index in [1.807, 2.05) is 13.8 Å². The zero-order valence-corrected chi connectivity index (χ0v) is 5.51. The Kier molecular flexibility index (Phi) is 1.10. The van der Waals surface area contributed by atoms with Gasteiger partial charge in [-0.05, 0) is 20.8 Å². The lowest BCUT2D eigenvalue weighted by atomic mass is 10.0. The Hall–Kier alpha value is -0.0800. The molecule has 0 bridgehead atoms. The molecule has 0 saturated carbocycles. The summed E-state index contributed by atoms with van der Waals surface area (Å²) in [6, 6.07) is 0. The second-order valence-electron chi connectivity index (χ2n) is 2.62. The molecule has 1 heterocycles. The van der Waals surface area contributed by atoms with Crippen molar-refractivity contribution in [2.24, 2.45) is 0 Å². The van der Waals surface area contributed by atoms with E-state index in [4.69, 9.17) is 9.84 Å². The molecule has 1 aliphatic heterocycles. The molecule has 1 fully saturated rings. The molecule has 0 aromatic rings. The molecule has 8 heavy (non-hydrogen) atoms. The van der Waals surface area contributed by atoms with Gasteiger partial charge in [-0.2, -0.15) is 0 Å². The summed E-state index contributed by atoms with van der Waals surface area (Å²) in [4.78, 5) is 0. The van der Waals surface area contributed by atoms with Crippen LogP contribution in [-0.4, -0.2) is 22.9 Å². The number of aliphatic hydroxyl groups excluding tert-OH is 1. The van der Waals surface area contributed by atoms with Crippen molar-refractivity contribution in [2.75, 3.05) is 0 Å². The maximum absolute atomic E-state index is 9.00. The van der Waals surface area contributed by atoms with Crippen molar-refractivity contribution >= 4 is 0 Å². The summed E-state index contributed by atoms with van der Waals surface area (Å²) in [5.41, 5.74) is -0.236. The first kappa shape index (κ1) is 6.05. The van der Waals surface area contributed by atoms with E-state index < -0.39 is 0 Å². The number of aliphatic hydroxyl groups is 1. The van der Waals surface area contributed by atoms with Crippen molar-refractivity contribution in [3.63, 3.8) is 0 Å². The molecule has 0 spiro atoms. The largest absolute Gasteiger partial charge is 0.390 e. The van der Waals surface area contributed by atoms with E-state index >= 15 is 0 Å². The summed E-state index contributed by atoms with van der Waals surface area (Å²) in [6.07, 6.45) is -0.0972. The first-order valence-corrected chi connectivity index (χ1v) is 2.93. The molecule has 0 aromatic carbocycles. The van der Waals surface area contributed by atoms with E-state index in [1.54, 1.807) is 6.92 Å². The Balaban J connectivity index is 2.47. The fraction of sp³-hybridized carbons (Fsp3) is 1.00. The minimum absolute atomic E-state index is 0.236. The number of epoxide rings is 1. The summed E-state index contributed by atoms with van der Waals surface area (Å²) in [6.45, 7) is 5.64. The fourth-order valence-electron chi connectivity index (χ4n) is 0.785. The molecular formula is C6H12O2. The molecule has 0 aliphatic carbocycles. The van der Waals surface area contributed by atoms with Crippen molar-refractivity contribution in [1.29, 1.82) is 0 Å². The highest BCUT2D eigenvalue weighted by molar-refractivity contribution is 4.99. The van der Waals surface area contributed by atoms with E-state index in [2.05, 4.69) is 0 Å². The van der Waals surface area contributed by atoms with Crippen molar-refractivity contribution in [1.82, 2.24) is 0 Å². The van der Waals surface area contributed by atoms with Crippen molar-refractivity contribution < 1.29 is 9.84 Å². The average Bonchev–Trinajstić information content (AvgIpc) is 2.17. The molecule has 0 unspecified atom stereocenters. The Morgan fingerprint density at radius 3 is 2.12 bits per heavy atom. The van der Waals surface area contributed by atoms with E-state index in [0.29, 0.717) is 0 Å². The predicted octanol–water partition coefficient (Wildman–Crippen LogP) is 0.545. The Morgan fingerprint density at radius 2 is 2.12 bits per heavy atom. The van der Waals surface area contributed by atoms with Gasteiger partial charge in [0.15, 0.2) is 0 Å². The number of ether oxygens (including phenoxy) is 1. The van der Waals surface area contributed by atoms with Gasteiger partial charge in [0.25, 0.3) is 0 Å². The molecule has 0 amide bonds. The van der Waals surface area contributed by atoms with Gasteiger partial charge in [-0.25, -0.2) is 0 Å². The fourth-order valence-corrected chi connectivity index (χ4v) is 0.785. The standard InChI is InChI=1S/C6H12O2/c1-4(7)6(3)5(2)8-6/h4-5,7H,1-3H3/t4-,5-,6-/m0/s1. The Morgan fingerprint density at radius 1 is 1.75 bits per heavy atom. The molecule has 0 aromatic heterocycles. The van der Waals surface area contributed by atoms with Crippen LogP contribution in [0.3, 0.4) is 0 Å². The topological polar surface area (TPSA) is 32.8 Å². The summed E-state index contributed by atoms with van der Waals surface area (Å²) < 4.78 is 5.12. The average molecular weight is 116 g/mol. The molecule has 2 heteroatoms. The monoisotopic (exact) mass is 116 g/mol. The highest BCUT2D eigenvalue weighted by Gasteiger charge is 2.52. The lowest BCUT2D eigenvalue weighted by Crippen LogP contribution is -2.24. The van der Waals surface area contributed by atoms with Crippen LogP contribution in [0.4, 0.5) is 0 Å². The van der Waals surface area contributed by atoms with Crippen LogP contribution >= 0.6 is 0 Å². The first-order chi connectivity index (χ1) is 3.57. The SMILES string of the molecule is C[C@H](O)[C@]1(C)O[C@H]1C. The summed E-state index contributed by atoms with van der Waals surface area (Å²) in [5.74, 6) is 0. The zero-order valence-electron chi connectivity index (χ0n) is 5.51. The normalized spacial score (nSPS) is 48.8.